The summed E-state index contributed by atoms with van der Waals surface area (Å²) >= 11 is 0. The Labute approximate surface area is 325 Å². The molecule has 6 heteroatoms. The molecule has 4 heterocycles. The van der Waals surface area contributed by atoms with E-state index in [1.165, 1.54) is 0 Å². The minimum absolute atomic E-state index is 0.782. The average molecular weight is 722 g/mol. The number of rotatable bonds is 9. The second-order valence-electron chi connectivity index (χ2n) is 13.3. The number of methoxy groups -OCH3 is 1. The van der Waals surface area contributed by atoms with Gasteiger partial charge < -0.3 is 4.74 Å². The van der Waals surface area contributed by atoms with E-state index >= 15 is 0 Å². The highest BCUT2D eigenvalue weighted by Crippen LogP contribution is 2.39. The molecule has 0 spiro atoms. The van der Waals surface area contributed by atoms with E-state index in [9.17, 15) is 0 Å². The van der Waals surface area contributed by atoms with Crippen molar-refractivity contribution >= 4 is 0 Å². The van der Waals surface area contributed by atoms with Gasteiger partial charge in [-0.3, -0.25) is 9.97 Å². The van der Waals surface area contributed by atoms with Crippen LogP contribution in [0.15, 0.2) is 194 Å². The van der Waals surface area contributed by atoms with Crippen molar-refractivity contribution in [2.75, 3.05) is 7.11 Å². The Kier molecular flexibility index (Phi) is 9.42. The van der Waals surface area contributed by atoms with Gasteiger partial charge in [-0.05, 0) is 59.2 Å². The molecule has 0 aliphatic carbocycles. The van der Waals surface area contributed by atoms with E-state index in [2.05, 4.69) is 101 Å². The van der Waals surface area contributed by atoms with Crippen LogP contribution in [0.2, 0.25) is 0 Å². The van der Waals surface area contributed by atoms with Crippen LogP contribution in [0.25, 0.3) is 90.1 Å². The van der Waals surface area contributed by atoms with E-state index < -0.39 is 0 Å². The third kappa shape index (κ3) is 6.95. The molecule has 6 nitrogen and oxygen atoms in total. The normalized spacial score (nSPS) is 10.9. The molecule has 0 saturated carbocycles. The quantitative estimate of drug-likeness (QED) is 0.148. The maximum atomic E-state index is 5.66. The molecule has 0 aliphatic rings. The van der Waals surface area contributed by atoms with Crippen molar-refractivity contribution in [3.63, 3.8) is 0 Å². The van der Waals surface area contributed by atoms with Gasteiger partial charge in [0.1, 0.15) is 5.75 Å². The molecular weight excluding hydrogens is 687 g/mol. The molecule has 266 valence electrons. The van der Waals surface area contributed by atoms with E-state index in [1.54, 1.807) is 19.5 Å². The summed E-state index contributed by atoms with van der Waals surface area (Å²) in [5.74, 6) is 0.831. The Morgan fingerprint density at radius 2 is 0.732 bits per heavy atom. The van der Waals surface area contributed by atoms with Crippen LogP contribution in [0.5, 0.6) is 5.75 Å². The lowest BCUT2D eigenvalue weighted by molar-refractivity contribution is 0.416. The number of benzene rings is 5. The Hall–Kier alpha value is -7.57. The van der Waals surface area contributed by atoms with Gasteiger partial charge in [-0.15, -0.1) is 0 Å². The molecule has 0 saturated heterocycles. The van der Waals surface area contributed by atoms with E-state index in [-0.39, 0.29) is 0 Å². The SMILES string of the molecule is COc1ccccc1-c1ccc(-c2nc(-c3ccccc3)c(-c3ccc(-c4cc(-c5ccccn5)nc(-c5ccccn5)c4)cc3)nc2-c2ccccc2)cc1. The number of hydrogen-bond acceptors (Lipinski definition) is 6. The van der Waals surface area contributed by atoms with Gasteiger partial charge in [0.15, 0.2) is 0 Å². The number of ether oxygens (including phenoxy) is 1. The smallest absolute Gasteiger partial charge is 0.126 e. The summed E-state index contributed by atoms with van der Waals surface area (Å²) in [7, 11) is 1.70. The van der Waals surface area contributed by atoms with Crippen LogP contribution in [-0.2, 0) is 0 Å². The van der Waals surface area contributed by atoms with Crippen LogP contribution in [-0.4, -0.2) is 32.0 Å². The van der Waals surface area contributed by atoms with Gasteiger partial charge in [0, 0.05) is 40.2 Å². The van der Waals surface area contributed by atoms with Crippen LogP contribution in [0.3, 0.4) is 0 Å². The summed E-state index contributed by atoms with van der Waals surface area (Å²) in [5, 5.41) is 0. The van der Waals surface area contributed by atoms with Crippen LogP contribution in [0.1, 0.15) is 0 Å². The summed E-state index contributed by atoms with van der Waals surface area (Å²) in [4.78, 5) is 25.1. The predicted octanol–water partition coefficient (Wildman–Crippen LogP) is 12.0. The van der Waals surface area contributed by atoms with Gasteiger partial charge in [0.2, 0.25) is 0 Å². The first-order valence-electron chi connectivity index (χ1n) is 18.4. The summed E-state index contributed by atoms with van der Waals surface area (Å²) in [6.45, 7) is 0. The van der Waals surface area contributed by atoms with Gasteiger partial charge in [0.05, 0.1) is 52.7 Å². The Bertz CT molecular complexity index is 2680. The molecule has 0 bridgehead atoms. The maximum Gasteiger partial charge on any atom is 0.126 e. The molecule has 0 aliphatic heterocycles. The molecule has 9 rings (SSSR count). The molecule has 0 fully saturated rings. The number of hydrogen-bond donors (Lipinski definition) is 0. The third-order valence-electron chi connectivity index (χ3n) is 9.74. The first-order chi connectivity index (χ1) is 27.7. The zero-order valence-electron chi connectivity index (χ0n) is 30.6. The van der Waals surface area contributed by atoms with E-state index in [0.717, 1.165) is 95.8 Å². The van der Waals surface area contributed by atoms with Gasteiger partial charge in [-0.2, -0.15) is 0 Å². The largest absolute Gasteiger partial charge is 0.496 e. The molecule has 5 aromatic carbocycles. The first-order valence-corrected chi connectivity index (χ1v) is 18.4. The lowest BCUT2D eigenvalue weighted by atomic mass is 9.96. The van der Waals surface area contributed by atoms with Crippen molar-refractivity contribution < 1.29 is 4.74 Å². The van der Waals surface area contributed by atoms with Crippen molar-refractivity contribution in [2.45, 2.75) is 0 Å². The van der Waals surface area contributed by atoms with E-state index in [0.29, 0.717) is 0 Å². The highest BCUT2D eigenvalue weighted by atomic mass is 16.5. The standard InChI is InChI=1S/C50H35N5O/c1-56-46-21-9-8-18-41(46)35-24-28-39(29-25-35)50-48(37-16-6-3-7-17-37)54-49(47(55-50)36-14-4-2-5-15-36)38-26-22-34(23-27-38)40-32-44(42-19-10-12-30-51-42)53-45(33-40)43-20-11-13-31-52-43/h2-33H,1H3. The Morgan fingerprint density at radius 3 is 1.20 bits per heavy atom. The van der Waals surface area contributed by atoms with Gasteiger partial charge in [-0.25, -0.2) is 15.0 Å². The van der Waals surface area contributed by atoms with Gasteiger partial charge >= 0.3 is 0 Å². The van der Waals surface area contributed by atoms with Crippen molar-refractivity contribution in [1.82, 2.24) is 24.9 Å². The lowest BCUT2D eigenvalue weighted by Gasteiger charge is -2.17. The molecule has 0 unspecified atom stereocenters. The van der Waals surface area contributed by atoms with E-state index in [4.69, 9.17) is 19.7 Å². The number of nitrogens with zero attached hydrogens (tertiary/aromatic N) is 5. The molecule has 9 aromatic rings. The summed E-state index contributed by atoms with van der Waals surface area (Å²) < 4.78 is 5.66. The summed E-state index contributed by atoms with van der Waals surface area (Å²) in [6.07, 6.45) is 3.58. The number of pyridine rings is 3. The Morgan fingerprint density at radius 1 is 0.321 bits per heavy atom. The molecule has 0 atom stereocenters. The molecule has 0 amide bonds. The minimum atomic E-state index is 0.782. The van der Waals surface area contributed by atoms with Crippen LogP contribution in [0.4, 0.5) is 0 Å². The van der Waals surface area contributed by atoms with E-state index in [1.807, 2.05) is 91.0 Å². The van der Waals surface area contributed by atoms with Crippen molar-refractivity contribution in [3.05, 3.63) is 194 Å². The van der Waals surface area contributed by atoms with Crippen molar-refractivity contribution in [3.8, 4) is 95.8 Å². The molecule has 4 aromatic heterocycles. The first kappa shape index (κ1) is 34.2. The second-order valence-corrected chi connectivity index (χ2v) is 13.3. The molecule has 0 N–H and O–H groups in total. The number of para-hydroxylation sites is 1. The monoisotopic (exact) mass is 721 g/mol. The fourth-order valence-electron chi connectivity index (χ4n) is 6.93. The van der Waals surface area contributed by atoms with Crippen LogP contribution >= 0.6 is 0 Å². The fourth-order valence-corrected chi connectivity index (χ4v) is 6.93. The fraction of sp³-hybridized carbons (Fsp3) is 0.0200. The van der Waals surface area contributed by atoms with Gasteiger partial charge in [-0.1, -0.05) is 140 Å². The summed E-state index contributed by atoms with van der Waals surface area (Å²) in [5.41, 5.74) is 14.4. The van der Waals surface area contributed by atoms with Crippen molar-refractivity contribution in [1.29, 1.82) is 0 Å². The zero-order chi connectivity index (χ0) is 37.7. The topological polar surface area (TPSA) is 73.7 Å². The molecular formula is C50H35N5O. The number of aromatic nitrogens is 5. The summed E-state index contributed by atoms with van der Waals surface area (Å²) in [6, 6.07) is 61.5. The van der Waals surface area contributed by atoms with Crippen molar-refractivity contribution in [2.24, 2.45) is 0 Å². The predicted molar refractivity (Wildman–Crippen MR) is 225 cm³/mol. The second kappa shape index (κ2) is 15.4. The highest BCUT2D eigenvalue weighted by Gasteiger charge is 2.20. The third-order valence-corrected chi connectivity index (χ3v) is 9.74. The lowest BCUT2D eigenvalue weighted by Crippen LogP contribution is -2.01. The van der Waals surface area contributed by atoms with Gasteiger partial charge in [0.25, 0.3) is 0 Å². The zero-order valence-corrected chi connectivity index (χ0v) is 30.6. The van der Waals surface area contributed by atoms with Crippen LogP contribution < -0.4 is 4.74 Å². The minimum Gasteiger partial charge on any atom is -0.496 e. The van der Waals surface area contributed by atoms with Crippen LogP contribution in [0, 0.1) is 0 Å². The maximum absolute atomic E-state index is 5.66. The highest BCUT2D eigenvalue weighted by molar-refractivity contribution is 5.88. The molecule has 0 radical (unpaired) electrons. The average Bonchev–Trinajstić information content (AvgIpc) is 3.29. The Balaban J connectivity index is 1.17. The molecule has 56 heavy (non-hydrogen) atoms.